The zero-order valence-electron chi connectivity index (χ0n) is 21.2. The maximum Gasteiger partial charge on any atom is 0.352 e. The number of esters is 1. The number of fused-ring (bicyclic) bond motifs is 1. The molecule has 0 fully saturated rings. The molecule has 37 heavy (non-hydrogen) atoms. The molecule has 3 aromatic rings. The zero-order chi connectivity index (χ0) is 26.4. The van der Waals surface area contributed by atoms with E-state index in [-0.39, 0.29) is 11.6 Å². The van der Waals surface area contributed by atoms with E-state index in [9.17, 15) is 10.1 Å². The standard InChI is InChI=1S/C30H30N2O5/c1-4-15-34-23-8-6-7-21(16-23)28-25-14-13-24(17-27(25)37-29(32)26(28)18-31)36-30(33)19(3)35-22-11-9-20(5-2)10-12-22/h6-14,16-17,19,28H,4-5,15,32H2,1-3H3. The lowest BCUT2D eigenvalue weighted by Gasteiger charge is -2.27. The molecular formula is C30H30N2O5. The van der Waals surface area contributed by atoms with Crippen molar-refractivity contribution in [2.24, 2.45) is 5.73 Å². The van der Waals surface area contributed by atoms with Crippen LogP contribution in [0.2, 0.25) is 0 Å². The molecule has 4 rings (SSSR count). The number of nitrogens with two attached hydrogens (primary N) is 1. The fourth-order valence-electron chi connectivity index (χ4n) is 4.10. The molecule has 7 nitrogen and oxygen atoms in total. The van der Waals surface area contributed by atoms with Gasteiger partial charge in [-0.2, -0.15) is 5.26 Å². The molecule has 1 aliphatic rings. The van der Waals surface area contributed by atoms with E-state index in [1.165, 1.54) is 5.56 Å². The van der Waals surface area contributed by atoms with Gasteiger partial charge in [0.05, 0.1) is 12.5 Å². The second-order valence-electron chi connectivity index (χ2n) is 8.72. The molecule has 2 atom stereocenters. The largest absolute Gasteiger partial charge is 0.494 e. The van der Waals surface area contributed by atoms with Crippen molar-refractivity contribution in [3.63, 3.8) is 0 Å². The van der Waals surface area contributed by atoms with Crippen LogP contribution in [0, 0.1) is 11.3 Å². The van der Waals surface area contributed by atoms with Gasteiger partial charge in [0.15, 0.2) is 6.10 Å². The fourth-order valence-corrected chi connectivity index (χ4v) is 4.10. The van der Waals surface area contributed by atoms with Gasteiger partial charge in [-0.15, -0.1) is 0 Å². The molecule has 2 N–H and O–H groups in total. The van der Waals surface area contributed by atoms with Gasteiger partial charge in [-0.05, 0) is 61.2 Å². The third kappa shape index (κ3) is 5.87. The quantitative estimate of drug-likeness (QED) is 0.301. The average Bonchev–Trinajstić information content (AvgIpc) is 2.91. The first-order chi connectivity index (χ1) is 17.9. The molecule has 7 heteroatoms. The van der Waals surface area contributed by atoms with Gasteiger partial charge in [-0.25, -0.2) is 4.79 Å². The van der Waals surface area contributed by atoms with Crippen molar-refractivity contribution in [2.75, 3.05) is 6.61 Å². The summed E-state index contributed by atoms with van der Waals surface area (Å²) in [6.07, 6.45) is 0.988. The molecule has 3 aromatic carbocycles. The molecule has 0 aromatic heterocycles. The Morgan fingerprint density at radius 1 is 1.05 bits per heavy atom. The number of hydrogen-bond acceptors (Lipinski definition) is 7. The van der Waals surface area contributed by atoms with Crippen LogP contribution in [0.1, 0.15) is 49.8 Å². The lowest BCUT2D eigenvalue weighted by molar-refractivity contribution is -0.141. The molecule has 0 aliphatic carbocycles. The van der Waals surface area contributed by atoms with Crippen LogP contribution in [-0.2, 0) is 11.2 Å². The van der Waals surface area contributed by atoms with Crippen LogP contribution < -0.4 is 24.7 Å². The summed E-state index contributed by atoms with van der Waals surface area (Å²) in [5, 5.41) is 9.83. The summed E-state index contributed by atoms with van der Waals surface area (Å²) >= 11 is 0. The number of allylic oxidation sites excluding steroid dienone is 1. The first-order valence-corrected chi connectivity index (χ1v) is 12.3. The lowest BCUT2D eigenvalue weighted by atomic mass is 9.83. The van der Waals surface area contributed by atoms with Crippen molar-refractivity contribution in [1.29, 1.82) is 5.26 Å². The Kier molecular flexibility index (Phi) is 7.99. The number of aryl methyl sites for hydroxylation is 1. The number of benzene rings is 3. The normalized spacial score (nSPS) is 15.1. The van der Waals surface area contributed by atoms with E-state index in [1.54, 1.807) is 25.1 Å². The molecule has 0 amide bonds. The van der Waals surface area contributed by atoms with Crippen LogP contribution in [-0.4, -0.2) is 18.7 Å². The van der Waals surface area contributed by atoms with E-state index in [0.717, 1.165) is 24.0 Å². The summed E-state index contributed by atoms with van der Waals surface area (Å²) in [6.45, 7) is 6.34. The van der Waals surface area contributed by atoms with Crippen LogP contribution in [0.5, 0.6) is 23.0 Å². The molecule has 1 heterocycles. The summed E-state index contributed by atoms with van der Waals surface area (Å²) in [5.74, 6) is 1.02. The second-order valence-corrected chi connectivity index (χ2v) is 8.72. The van der Waals surface area contributed by atoms with Crippen LogP contribution in [0.4, 0.5) is 0 Å². The van der Waals surface area contributed by atoms with E-state index in [2.05, 4.69) is 13.0 Å². The van der Waals surface area contributed by atoms with Crippen LogP contribution in [0.3, 0.4) is 0 Å². The second kappa shape index (κ2) is 11.5. The Bertz CT molecular complexity index is 1340. The van der Waals surface area contributed by atoms with E-state index in [1.807, 2.05) is 55.5 Å². The lowest BCUT2D eigenvalue weighted by Crippen LogP contribution is -2.28. The van der Waals surface area contributed by atoms with Gasteiger partial charge in [0, 0.05) is 11.6 Å². The Morgan fingerprint density at radius 3 is 2.51 bits per heavy atom. The predicted molar refractivity (Wildman–Crippen MR) is 140 cm³/mol. The minimum Gasteiger partial charge on any atom is -0.494 e. The molecular weight excluding hydrogens is 468 g/mol. The topological polar surface area (TPSA) is 104 Å². The molecule has 1 aliphatic heterocycles. The van der Waals surface area contributed by atoms with Gasteiger partial charge >= 0.3 is 5.97 Å². The van der Waals surface area contributed by atoms with E-state index in [0.29, 0.717) is 29.4 Å². The van der Waals surface area contributed by atoms with Crippen LogP contribution in [0.15, 0.2) is 78.2 Å². The van der Waals surface area contributed by atoms with Crippen molar-refractivity contribution in [1.82, 2.24) is 0 Å². The van der Waals surface area contributed by atoms with E-state index >= 15 is 0 Å². The van der Waals surface area contributed by atoms with Gasteiger partial charge < -0.3 is 24.7 Å². The van der Waals surface area contributed by atoms with Gasteiger partial charge in [-0.3, -0.25) is 0 Å². The summed E-state index contributed by atoms with van der Waals surface area (Å²) < 4.78 is 22.8. The van der Waals surface area contributed by atoms with Crippen molar-refractivity contribution >= 4 is 5.97 Å². The van der Waals surface area contributed by atoms with Crippen molar-refractivity contribution in [2.45, 2.75) is 45.6 Å². The maximum absolute atomic E-state index is 12.7. The molecule has 0 bridgehead atoms. The third-order valence-electron chi connectivity index (χ3n) is 6.05. The third-order valence-corrected chi connectivity index (χ3v) is 6.05. The minimum atomic E-state index is -0.821. The Labute approximate surface area is 217 Å². The molecule has 0 spiro atoms. The van der Waals surface area contributed by atoms with Crippen molar-refractivity contribution in [3.05, 3.63) is 94.9 Å². The Hall–Kier alpha value is -4.44. The van der Waals surface area contributed by atoms with Gasteiger partial charge in [-0.1, -0.05) is 44.2 Å². The molecule has 0 radical (unpaired) electrons. The van der Waals surface area contributed by atoms with Gasteiger partial charge in [0.25, 0.3) is 0 Å². The maximum atomic E-state index is 12.7. The first kappa shape index (κ1) is 25.6. The zero-order valence-corrected chi connectivity index (χ0v) is 21.2. The molecule has 0 saturated carbocycles. The Balaban J connectivity index is 1.55. The number of carbonyl (C=O) groups excluding carboxylic acids is 1. The van der Waals surface area contributed by atoms with Crippen molar-refractivity contribution < 1.29 is 23.7 Å². The van der Waals surface area contributed by atoms with Crippen LogP contribution >= 0.6 is 0 Å². The number of carbonyl (C=O) groups is 1. The van der Waals surface area contributed by atoms with Crippen LogP contribution in [0.25, 0.3) is 0 Å². The summed E-state index contributed by atoms with van der Waals surface area (Å²) in [5.41, 5.74) is 9.20. The summed E-state index contributed by atoms with van der Waals surface area (Å²) in [6, 6.07) is 22.4. The first-order valence-electron chi connectivity index (χ1n) is 12.3. The van der Waals surface area contributed by atoms with Gasteiger partial charge in [0.2, 0.25) is 5.88 Å². The summed E-state index contributed by atoms with van der Waals surface area (Å²) in [4.78, 5) is 12.7. The minimum absolute atomic E-state index is 0.00980. The number of hydrogen-bond donors (Lipinski definition) is 1. The van der Waals surface area contributed by atoms with E-state index < -0.39 is 18.0 Å². The Morgan fingerprint density at radius 2 is 1.81 bits per heavy atom. The molecule has 190 valence electrons. The number of rotatable bonds is 9. The van der Waals surface area contributed by atoms with E-state index in [4.69, 9.17) is 24.7 Å². The monoisotopic (exact) mass is 498 g/mol. The number of ether oxygens (including phenoxy) is 4. The van der Waals surface area contributed by atoms with Gasteiger partial charge in [0.1, 0.15) is 34.6 Å². The number of nitrogens with zero attached hydrogens (tertiary/aromatic N) is 1. The average molecular weight is 499 g/mol. The smallest absolute Gasteiger partial charge is 0.352 e. The highest BCUT2D eigenvalue weighted by Crippen LogP contribution is 2.44. The molecule has 0 saturated heterocycles. The molecule has 2 unspecified atom stereocenters. The van der Waals surface area contributed by atoms with Crippen molar-refractivity contribution in [3.8, 4) is 29.1 Å². The summed E-state index contributed by atoms with van der Waals surface area (Å²) in [7, 11) is 0. The number of nitriles is 1. The predicted octanol–water partition coefficient (Wildman–Crippen LogP) is 5.63. The SMILES string of the molecule is CCCOc1cccc(C2C(C#N)=C(N)Oc3cc(OC(=O)C(C)Oc4ccc(CC)cc4)ccc32)c1. The fraction of sp³-hybridized carbons (Fsp3) is 0.267. The highest BCUT2D eigenvalue weighted by atomic mass is 16.6. The highest BCUT2D eigenvalue weighted by molar-refractivity contribution is 5.77. The highest BCUT2D eigenvalue weighted by Gasteiger charge is 2.31.